The van der Waals surface area contributed by atoms with Crippen molar-refractivity contribution in [2.24, 2.45) is 0 Å². The van der Waals surface area contributed by atoms with E-state index >= 15 is 0 Å². The Labute approximate surface area is 142 Å². The number of nitrogens with zero attached hydrogens (tertiary/aromatic N) is 1. The van der Waals surface area contributed by atoms with Gasteiger partial charge in [0, 0.05) is 16.4 Å². The molecule has 24 heavy (non-hydrogen) atoms. The number of carbonyl (C=O) groups is 2. The third-order valence-corrected chi connectivity index (χ3v) is 5.03. The zero-order chi connectivity index (χ0) is 17.1. The molecule has 0 fully saturated rings. The molecule has 1 aliphatic carbocycles. The minimum atomic E-state index is -0.945. The van der Waals surface area contributed by atoms with Crippen molar-refractivity contribution in [1.82, 2.24) is 0 Å². The van der Waals surface area contributed by atoms with Crippen molar-refractivity contribution in [3.8, 4) is 6.07 Å². The van der Waals surface area contributed by atoms with Gasteiger partial charge in [-0.3, -0.25) is 9.59 Å². The summed E-state index contributed by atoms with van der Waals surface area (Å²) in [5.74, 6) is -0.995. The van der Waals surface area contributed by atoms with Crippen LogP contribution in [0.15, 0.2) is 52.7 Å². The summed E-state index contributed by atoms with van der Waals surface area (Å²) < 4.78 is 5.14. The molecular weight excluding hydrogens is 326 g/mol. The number of thiophene rings is 1. The third-order valence-electron chi connectivity index (χ3n) is 3.72. The number of carboxylic acids is 1. The van der Waals surface area contributed by atoms with Gasteiger partial charge in [-0.1, -0.05) is 12.2 Å². The number of hydrogen-bond acceptors (Lipinski definition) is 5. The van der Waals surface area contributed by atoms with Gasteiger partial charge in [0.1, 0.15) is 0 Å². The van der Waals surface area contributed by atoms with E-state index < -0.39 is 5.97 Å². The predicted molar refractivity (Wildman–Crippen MR) is 88.0 cm³/mol. The molecule has 1 unspecified atom stereocenters. The van der Waals surface area contributed by atoms with E-state index in [-0.39, 0.29) is 23.9 Å². The van der Waals surface area contributed by atoms with Crippen molar-refractivity contribution >= 4 is 23.1 Å². The molecule has 1 atom stereocenters. The summed E-state index contributed by atoms with van der Waals surface area (Å²) in [6, 6.07) is 6.94. The van der Waals surface area contributed by atoms with E-state index in [0.29, 0.717) is 22.4 Å². The highest BCUT2D eigenvalue weighted by Gasteiger charge is 2.23. The van der Waals surface area contributed by atoms with E-state index in [2.05, 4.69) is 6.07 Å². The van der Waals surface area contributed by atoms with Crippen LogP contribution in [0.1, 0.15) is 38.2 Å². The van der Waals surface area contributed by atoms with Crippen LogP contribution in [0.4, 0.5) is 0 Å². The molecular formula is C18H13NO4S. The lowest BCUT2D eigenvalue weighted by atomic mass is 9.93. The number of carbonyl (C=O) groups excluding carboxylic acids is 1. The summed E-state index contributed by atoms with van der Waals surface area (Å²) in [5, 5.41) is 18.0. The number of rotatable bonds is 5. The second-order valence-electron chi connectivity index (χ2n) is 5.35. The molecule has 120 valence electrons. The average Bonchev–Trinajstić information content (AvgIpc) is 3.24. The molecule has 0 bridgehead atoms. The number of hydrogen-bond donors (Lipinski definition) is 1. The minimum absolute atomic E-state index is 0.0281. The summed E-state index contributed by atoms with van der Waals surface area (Å²) in [4.78, 5) is 24.9. The lowest BCUT2D eigenvalue weighted by Gasteiger charge is -2.14. The van der Waals surface area contributed by atoms with Gasteiger partial charge in [-0.2, -0.15) is 5.26 Å². The first-order chi connectivity index (χ1) is 11.6. The second-order valence-corrected chi connectivity index (χ2v) is 6.43. The molecule has 0 saturated heterocycles. The lowest BCUT2D eigenvalue weighted by molar-refractivity contribution is -0.136. The zero-order valence-corrected chi connectivity index (χ0v) is 13.4. The van der Waals surface area contributed by atoms with Crippen LogP contribution in [0, 0.1) is 11.3 Å². The van der Waals surface area contributed by atoms with Gasteiger partial charge in [-0.15, -0.1) is 11.3 Å². The monoisotopic (exact) mass is 339 g/mol. The molecule has 2 aromatic rings. The van der Waals surface area contributed by atoms with Crippen LogP contribution in [0.5, 0.6) is 0 Å². The molecule has 0 saturated carbocycles. The fourth-order valence-electron chi connectivity index (χ4n) is 2.60. The van der Waals surface area contributed by atoms with Crippen molar-refractivity contribution in [2.45, 2.75) is 18.8 Å². The second kappa shape index (κ2) is 6.69. The molecule has 6 heteroatoms. The molecule has 0 amide bonds. The summed E-state index contributed by atoms with van der Waals surface area (Å²) in [6.07, 6.45) is 7.33. The summed E-state index contributed by atoms with van der Waals surface area (Å²) in [6.45, 7) is 0. The first kappa shape index (κ1) is 16.0. The van der Waals surface area contributed by atoms with Crippen LogP contribution in [-0.4, -0.2) is 16.9 Å². The smallest absolute Gasteiger partial charge is 0.307 e. The summed E-state index contributed by atoms with van der Waals surface area (Å²) in [7, 11) is 0. The normalized spacial score (nSPS) is 16.5. The highest BCUT2D eigenvalue weighted by Crippen LogP contribution is 2.36. The SMILES string of the molecule is N#CC1=CCC(c2sc(C(=O)c3ccco3)cc2CC(=O)O)C=C1. The maximum atomic E-state index is 12.4. The number of furan rings is 1. The van der Waals surface area contributed by atoms with Crippen LogP contribution in [0.25, 0.3) is 0 Å². The van der Waals surface area contributed by atoms with Crippen LogP contribution in [0.3, 0.4) is 0 Å². The Balaban J connectivity index is 1.94. The Bertz CT molecular complexity index is 881. The number of nitriles is 1. The zero-order valence-electron chi connectivity index (χ0n) is 12.6. The van der Waals surface area contributed by atoms with Gasteiger partial charge in [0.05, 0.1) is 23.6 Å². The van der Waals surface area contributed by atoms with E-state index in [9.17, 15) is 9.59 Å². The lowest BCUT2D eigenvalue weighted by Crippen LogP contribution is -2.04. The molecule has 2 heterocycles. The fraction of sp³-hybridized carbons (Fsp3) is 0.167. The van der Waals surface area contributed by atoms with Crippen molar-refractivity contribution < 1.29 is 19.1 Å². The van der Waals surface area contributed by atoms with Crippen molar-refractivity contribution in [3.05, 3.63) is 69.3 Å². The Kier molecular flexibility index (Phi) is 4.45. The Morgan fingerprint density at radius 3 is 2.88 bits per heavy atom. The van der Waals surface area contributed by atoms with E-state index in [1.807, 2.05) is 12.2 Å². The maximum Gasteiger partial charge on any atom is 0.307 e. The van der Waals surface area contributed by atoms with Crippen LogP contribution >= 0.6 is 11.3 Å². The van der Waals surface area contributed by atoms with Crippen molar-refractivity contribution in [1.29, 1.82) is 5.26 Å². The van der Waals surface area contributed by atoms with Crippen molar-refractivity contribution in [3.63, 3.8) is 0 Å². The number of carboxylic acid groups (broad SMARTS) is 1. The van der Waals surface area contributed by atoms with Gasteiger partial charge in [-0.05, 0) is 36.3 Å². The number of ketones is 1. The third kappa shape index (κ3) is 3.21. The van der Waals surface area contributed by atoms with Crippen LogP contribution in [0.2, 0.25) is 0 Å². The van der Waals surface area contributed by atoms with Gasteiger partial charge in [0.2, 0.25) is 5.78 Å². The quantitative estimate of drug-likeness (QED) is 0.839. The Morgan fingerprint density at radius 2 is 2.29 bits per heavy atom. The van der Waals surface area contributed by atoms with E-state index in [1.54, 1.807) is 24.3 Å². The van der Waals surface area contributed by atoms with E-state index in [0.717, 1.165) is 4.88 Å². The molecule has 5 nitrogen and oxygen atoms in total. The maximum absolute atomic E-state index is 12.4. The molecule has 3 rings (SSSR count). The number of aliphatic carboxylic acids is 1. The van der Waals surface area contributed by atoms with Crippen LogP contribution < -0.4 is 0 Å². The Hall–Kier alpha value is -2.91. The minimum Gasteiger partial charge on any atom is -0.481 e. The predicted octanol–water partition coefficient (Wildman–Crippen LogP) is 3.69. The van der Waals surface area contributed by atoms with Gasteiger partial charge >= 0.3 is 5.97 Å². The van der Waals surface area contributed by atoms with Gasteiger partial charge < -0.3 is 9.52 Å². The fourth-order valence-corrected chi connectivity index (χ4v) is 3.82. The largest absolute Gasteiger partial charge is 0.481 e. The van der Waals surface area contributed by atoms with Gasteiger partial charge in [0.25, 0.3) is 0 Å². The molecule has 1 N–H and O–H groups in total. The van der Waals surface area contributed by atoms with Crippen LogP contribution in [-0.2, 0) is 11.2 Å². The van der Waals surface area contributed by atoms with E-state index in [1.165, 1.54) is 17.6 Å². The van der Waals surface area contributed by atoms with Crippen molar-refractivity contribution in [2.75, 3.05) is 0 Å². The van der Waals surface area contributed by atoms with Gasteiger partial charge in [0.15, 0.2) is 5.76 Å². The molecule has 2 aromatic heterocycles. The first-order valence-electron chi connectivity index (χ1n) is 7.29. The highest BCUT2D eigenvalue weighted by molar-refractivity contribution is 7.14. The molecule has 0 spiro atoms. The summed E-state index contributed by atoms with van der Waals surface area (Å²) >= 11 is 1.29. The first-order valence-corrected chi connectivity index (χ1v) is 8.11. The highest BCUT2D eigenvalue weighted by atomic mass is 32.1. The van der Waals surface area contributed by atoms with E-state index in [4.69, 9.17) is 14.8 Å². The number of allylic oxidation sites excluding steroid dienone is 4. The molecule has 0 aliphatic heterocycles. The molecule has 0 radical (unpaired) electrons. The molecule has 1 aliphatic rings. The summed E-state index contributed by atoms with van der Waals surface area (Å²) in [5.41, 5.74) is 1.22. The topological polar surface area (TPSA) is 91.3 Å². The Morgan fingerprint density at radius 1 is 1.46 bits per heavy atom. The standard InChI is InChI=1S/C18H13NO4S/c19-10-11-3-5-12(6-4-11)18-13(9-16(20)21)8-15(24-18)17(22)14-2-1-7-23-14/h1-5,7-8,12H,6,9H2,(H,20,21). The average molecular weight is 339 g/mol. The van der Waals surface area contributed by atoms with Gasteiger partial charge in [-0.25, -0.2) is 0 Å². The molecule has 0 aromatic carbocycles.